The van der Waals surface area contributed by atoms with Crippen molar-refractivity contribution in [3.8, 4) is 0 Å². The van der Waals surface area contributed by atoms with Gasteiger partial charge in [-0.25, -0.2) is 33.6 Å². The van der Waals surface area contributed by atoms with Gasteiger partial charge in [0.1, 0.15) is 0 Å². The van der Waals surface area contributed by atoms with E-state index in [1.165, 1.54) is 89.9 Å². The summed E-state index contributed by atoms with van der Waals surface area (Å²) in [5, 5.41) is 15.2. The predicted molar refractivity (Wildman–Crippen MR) is 155 cm³/mol. The Morgan fingerprint density at radius 1 is 0.619 bits per heavy atom. The molecule has 2 unspecified atom stereocenters. The molecule has 8 heteroatoms. The molecule has 6 rings (SSSR count). The standard InChI is InChI=1S/2C14H19.2C3H4O2.2ClH.2Ti/c2*1-10-11-6-2-4-8-13(11)14-9-5-3-7-12(10)14;2*1-2-3(4)5;;;;/h2*6,10H,2-5,7-9H2,1H3;2*2H,1H2,(H,4,5);2*1H;;/q2*-1;;;;;;/p-2. The number of carboxylic acids is 2. The van der Waals surface area contributed by atoms with Crippen LogP contribution in [0.2, 0.25) is 0 Å². The molecule has 42 heavy (non-hydrogen) atoms. The first-order chi connectivity index (χ1) is 18.3. The van der Waals surface area contributed by atoms with Crippen LogP contribution in [0.15, 0.2) is 69.9 Å². The van der Waals surface area contributed by atoms with E-state index in [0.29, 0.717) is 0 Å². The van der Waals surface area contributed by atoms with Crippen LogP contribution in [-0.4, -0.2) is 22.2 Å². The molecule has 232 valence electrons. The molecule has 0 heterocycles. The maximum Gasteiger partial charge on any atom is 0.327 e. The minimum atomic E-state index is -0.981. The second-order valence-electron chi connectivity index (χ2n) is 11.0. The van der Waals surface area contributed by atoms with Gasteiger partial charge in [-0.3, -0.25) is 0 Å². The van der Waals surface area contributed by atoms with Crippen LogP contribution in [0.4, 0.5) is 0 Å². The number of halogens is 2. The topological polar surface area (TPSA) is 74.6 Å². The van der Waals surface area contributed by atoms with Gasteiger partial charge in [-0.05, 0) is 50.4 Å². The number of aliphatic carboxylic acids is 2. The van der Waals surface area contributed by atoms with Crippen molar-refractivity contribution in [3.05, 3.63) is 82.7 Å². The molecule has 2 atom stereocenters. The van der Waals surface area contributed by atoms with E-state index in [2.05, 4.69) is 39.8 Å². The summed E-state index contributed by atoms with van der Waals surface area (Å²) in [6, 6.07) is 0. The summed E-state index contributed by atoms with van der Waals surface area (Å²) >= 11 is 0. The maximum absolute atomic E-state index is 9.25. The van der Waals surface area contributed by atoms with Crippen LogP contribution in [0.5, 0.6) is 0 Å². The van der Waals surface area contributed by atoms with E-state index >= 15 is 0 Å². The smallest absolute Gasteiger partial charge is 0.327 e. The Bertz CT molecular complexity index is 923. The van der Waals surface area contributed by atoms with Gasteiger partial charge >= 0.3 is 11.9 Å². The van der Waals surface area contributed by atoms with E-state index in [1.807, 2.05) is 0 Å². The third-order valence-corrected chi connectivity index (χ3v) is 8.76. The molecule has 2 N–H and O–H groups in total. The number of carboxylic acid groups (broad SMARTS) is 2. The molecule has 6 aliphatic rings. The Kier molecular flexibility index (Phi) is 22.4. The van der Waals surface area contributed by atoms with E-state index in [4.69, 9.17) is 10.2 Å². The first-order valence-electron chi connectivity index (χ1n) is 14.6. The van der Waals surface area contributed by atoms with Gasteiger partial charge in [0.15, 0.2) is 0 Å². The first kappa shape index (κ1) is 43.3. The number of fused-ring (bicyclic) bond motifs is 2. The number of rotatable bonds is 2. The molecule has 0 fully saturated rings. The summed E-state index contributed by atoms with van der Waals surface area (Å²) in [5.74, 6) is -0.406. The summed E-state index contributed by atoms with van der Waals surface area (Å²) in [6.45, 7) is 10.8. The van der Waals surface area contributed by atoms with Crippen molar-refractivity contribution in [3.63, 3.8) is 0 Å². The maximum atomic E-state index is 9.25. The summed E-state index contributed by atoms with van der Waals surface area (Å²) in [6.07, 6.45) is 26.1. The van der Waals surface area contributed by atoms with Crippen LogP contribution >= 0.6 is 0 Å². The quantitative estimate of drug-likeness (QED) is 0.267. The van der Waals surface area contributed by atoms with Crippen LogP contribution in [0.25, 0.3) is 0 Å². The predicted octanol–water partition coefficient (Wildman–Crippen LogP) is 2.90. The molecule has 4 nitrogen and oxygen atoms in total. The van der Waals surface area contributed by atoms with E-state index in [-0.39, 0.29) is 68.2 Å². The summed E-state index contributed by atoms with van der Waals surface area (Å²) in [4.78, 5) is 18.5. The number of allylic oxidation sites excluding steroid dienone is 8. The van der Waals surface area contributed by atoms with Crippen LogP contribution in [0.1, 0.15) is 104 Å². The fourth-order valence-corrected chi connectivity index (χ4v) is 7.01. The third-order valence-electron chi connectivity index (χ3n) is 8.76. The summed E-state index contributed by atoms with van der Waals surface area (Å²) in [7, 11) is 0. The van der Waals surface area contributed by atoms with E-state index in [9.17, 15) is 9.59 Å². The minimum Gasteiger partial charge on any atom is -1.00 e. The molecule has 0 saturated carbocycles. The van der Waals surface area contributed by atoms with Crippen molar-refractivity contribution in [2.24, 2.45) is 11.8 Å². The van der Waals surface area contributed by atoms with Gasteiger partial charge in [0.25, 0.3) is 0 Å². The largest absolute Gasteiger partial charge is 1.00 e. The molecule has 0 spiro atoms. The Hall–Kier alpha value is -0.871. The zero-order valence-electron chi connectivity index (χ0n) is 25.2. The molecule has 0 saturated heterocycles. The van der Waals surface area contributed by atoms with Gasteiger partial charge in [-0.15, -0.1) is 24.0 Å². The second-order valence-corrected chi connectivity index (χ2v) is 11.0. The van der Waals surface area contributed by atoms with Crippen molar-refractivity contribution in [2.45, 2.75) is 104 Å². The monoisotopic (exact) mass is 684 g/mol. The molecule has 0 aliphatic heterocycles. The van der Waals surface area contributed by atoms with Gasteiger partial charge < -0.3 is 35.0 Å². The van der Waals surface area contributed by atoms with Gasteiger partial charge in [0, 0.05) is 55.6 Å². The van der Waals surface area contributed by atoms with E-state index in [1.54, 1.807) is 44.6 Å². The Balaban J connectivity index is 0. The Labute approximate surface area is 296 Å². The third kappa shape index (κ3) is 11.2. The summed E-state index contributed by atoms with van der Waals surface area (Å²) in [5.41, 5.74) is 14.1. The minimum absolute atomic E-state index is 0. The molecule has 0 bridgehead atoms. The number of hydrogen-bond donors (Lipinski definition) is 2. The molecular weight excluding hydrogens is 639 g/mol. The average molecular weight is 685 g/mol. The molecular formula is C34H46Cl2O4Ti2-4. The van der Waals surface area contributed by atoms with Gasteiger partial charge in [0.2, 0.25) is 0 Å². The molecule has 0 amide bonds. The van der Waals surface area contributed by atoms with Crippen LogP contribution in [-0.2, 0) is 53.0 Å². The normalized spacial score (nSPS) is 22.4. The first-order valence-corrected chi connectivity index (χ1v) is 14.6. The van der Waals surface area contributed by atoms with Crippen molar-refractivity contribution < 1.29 is 88.1 Å². The van der Waals surface area contributed by atoms with Gasteiger partial charge in [-0.1, -0.05) is 76.7 Å². The Morgan fingerprint density at radius 3 is 1.21 bits per heavy atom. The van der Waals surface area contributed by atoms with Crippen molar-refractivity contribution >= 4 is 11.9 Å². The van der Waals surface area contributed by atoms with E-state index < -0.39 is 11.9 Å². The van der Waals surface area contributed by atoms with Gasteiger partial charge in [-0.2, -0.15) is 11.1 Å². The molecule has 0 aromatic heterocycles. The molecule has 6 aliphatic carbocycles. The number of hydrogen-bond acceptors (Lipinski definition) is 2. The van der Waals surface area contributed by atoms with Crippen LogP contribution < -0.4 is 24.8 Å². The SMILES string of the molecule is C=CC(=O)O.C=CC(=O)O.CC1C2=C(CCC[CH-]2)C2=C1CCCC2.CC1C2=C(CCC[CH-]2)C2=C1CCCC2.[Cl-].[Cl-].[Ti].[Ti]. The fourth-order valence-electron chi connectivity index (χ4n) is 7.01. The average Bonchev–Trinajstić information content (AvgIpc) is 3.42. The van der Waals surface area contributed by atoms with Crippen molar-refractivity contribution in [2.75, 3.05) is 0 Å². The second kappa shape index (κ2) is 21.8. The molecule has 0 aromatic rings. The fraction of sp³-hybridized carbons (Fsp3) is 0.529. The van der Waals surface area contributed by atoms with Crippen molar-refractivity contribution in [1.29, 1.82) is 0 Å². The van der Waals surface area contributed by atoms with Crippen LogP contribution in [0.3, 0.4) is 0 Å². The summed E-state index contributed by atoms with van der Waals surface area (Å²) < 4.78 is 0. The Morgan fingerprint density at radius 2 is 0.905 bits per heavy atom. The zero-order valence-corrected chi connectivity index (χ0v) is 29.9. The number of carbonyl (C=O) groups is 2. The van der Waals surface area contributed by atoms with Gasteiger partial charge in [0.05, 0.1) is 0 Å². The molecule has 0 aromatic carbocycles. The van der Waals surface area contributed by atoms with E-state index in [0.717, 1.165) is 24.0 Å². The zero-order chi connectivity index (χ0) is 27.7. The van der Waals surface area contributed by atoms with Crippen molar-refractivity contribution in [1.82, 2.24) is 0 Å². The van der Waals surface area contributed by atoms with Crippen LogP contribution in [0, 0.1) is 24.7 Å². The molecule has 0 radical (unpaired) electrons.